The van der Waals surface area contributed by atoms with E-state index >= 15 is 0 Å². The van der Waals surface area contributed by atoms with Crippen molar-refractivity contribution >= 4 is 60.3 Å². The second-order valence-electron chi connectivity index (χ2n) is 14.4. The minimum atomic E-state index is 0.0857. The molecule has 0 fully saturated rings. The molecule has 3 aromatic carbocycles. The van der Waals surface area contributed by atoms with Gasteiger partial charge in [0.1, 0.15) is 5.75 Å². The lowest BCUT2D eigenvalue weighted by atomic mass is 9.86. The predicted molar refractivity (Wildman–Crippen MR) is 235 cm³/mol. The minimum absolute atomic E-state index is 0.0857. The molecule has 3 aromatic heterocycles. The number of para-hydroxylation sites is 1. The number of allylic oxidation sites excluding steroid dienone is 10. The normalized spacial score (nSPS) is 15.9. The number of nitrogens with zero attached hydrogens (tertiary/aromatic N) is 4. The lowest BCUT2D eigenvalue weighted by Crippen LogP contribution is -2.07. The third-order valence-electron chi connectivity index (χ3n) is 10.9. The fourth-order valence-corrected chi connectivity index (χ4v) is 7.87. The number of rotatable bonds is 12. The van der Waals surface area contributed by atoms with Gasteiger partial charge in [0.25, 0.3) is 0 Å². The summed E-state index contributed by atoms with van der Waals surface area (Å²) in [5.74, 6) is 1.38. The maximum Gasteiger partial charge on any atom is 0.131 e. The molecular formula is C50H50N4O. The Hall–Kier alpha value is -5.94. The van der Waals surface area contributed by atoms with Crippen LogP contribution in [0.5, 0.6) is 5.75 Å². The summed E-state index contributed by atoms with van der Waals surface area (Å²) in [7, 11) is 3.65. The van der Waals surface area contributed by atoms with E-state index in [-0.39, 0.29) is 5.92 Å². The van der Waals surface area contributed by atoms with Gasteiger partial charge in [0.05, 0.1) is 46.5 Å². The van der Waals surface area contributed by atoms with Crippen LogP contribution in [0.1, 0.15) is 81.4 Å². The van der Waals surface area contributed by atoms with Gasteiger partial charge in [-0.25, -0.2) is 15.0 Å². The number of benzene rings is 3. The van der Waals surface area contributed by atoms with Gasteiger partial charge in [-0.3, -0.25) is 4.99 Å². The molecule has 0 spiro atoms. The van der Waals surface area contributed by atoms with Crippen molar-refractivity contribution < 1.29 is 4.74 Å². The molecule has 0 saturated carbocycles. The van der Waals surface area contributed by atoms with Crippen molar-refractivity contribution in [2.24, 2.45) is 10.9 Å². The van der Waals surface area contributed by atoms with E-state index in [4.69, 9.17) is 24.7 Å². The predicted octanol–water partition coefficient (Wildman–Crippen LogP) is 13.0. The van der Waals surface area contributed by atoms with Crippen LogP contribution in [0.25, 0.3) is 54.6 Å². The first-order chi connectivity index (χ1) is 26.8. The maximum absolute atomic E-state index is 6.26. The molecule has 0 bridgehead atoms. The third kappa shape index (κ3) is 7.57. The molecular weight excluding hydrogens is 673 g/mol. The molecule has 3 heterocycles. The van der Waals surface area contributed by atoms with Gasteiger partial charge in [-0.15, -0.1) is 0 Å². The molecule has 276 valence electrons. The summed E-state index contributed by atoms with van der Waals surface area (Å²) in [5.41, 5.74) is 10.6. The first-order valence-electron chi connectivity index (χ1n) is 19.4. The van der Waals surface area contributed by atoms with Crippen LogP contribution in [0.15, 0.2) is 139 Å². The van der Waals surface area contributed by atoms with Gasteiger partial charge in [-0.2, -0.15) is 0 Å². The van der Waals surface area contributed by atoms with Crippen LogP contribution in [0.3, 0.4) is 0 Å². The molecule has 0 saturated heterocycles. The first kappa shape index (κ1) is 37.4. The second kappa shape index (κ2) is 16.6. The number of fused-ring (bicyclic) bond motifs is 6. The highest BCUT2D eigenvalue weighted by molar-refractivity contribution is 6.13. The molecule has 1 aliphatic rings. The summed E-state index contributed by atoms with van der Waals surface area (Å²) in [6.07, 6.45) is 20.1. The van der Waals surface area contributed by atoms with E-state index in [1.165, 1.54) is 12.0 Å². The molecule has 6 aromatic rings. The van der Waals surface area contributed by atoms with Crippen LogP contribution in [-0.2, 0) is 0 Å². The lowest BCUT2D eigenvalue weighted by Gasteiger charge is -2.22. The Morgan fingerprint density at radius 3 is 2.25 bits per heavy atom. The van der Waals surface area contributed by atoms with Crippen molar-refractivity contribution in [2.45, 2.75) is 58.8 Å². The Kier molecular flexibility index (Phi) is 11.3. The summed E-state index contributed by atoms with van der Waals surface area (Å²) >= 11 is 0. The van der Waals surface area contributed by atoms with Crippen LogP contribution < -0.4 is 4.74 Å². The van der Waals surface area contributed by atoms with E-state index in [2.05, 4.69) is 124 Å². The van der Waals surface area contributed by atoms with Crippen LogP contribution in [0.2, 0.25) is 0 Å². The van der Waals surface area contributed by atoms with Gasteiger partial charge in [0, 0.05) is 45.5 Å². The Balaban J connectivity index is 1.19. The van der Waals surface area contributed by atoms with E-state index in [0.717, 1.165) is 114 Å². The Bertz CT molecular complexity index is 2600. The van der Waals surface area contributed by atoms with Gasteiger partial charge in [-0.1, -0.05) is 123 Å². The van der Waals surface area contributed by atoms with Crippen LogP contribution in [-0.4, -0.2) is 34.8 Å². The molecule has 5 heteroatoms. The number of methoxy groups -OCH3 is 1. The summed E-state index contributed by atoms with van der Waals surface area (Å²) in [6.45, 7) is 15.0. The number of ether oxygens (including phenoxy) is 1. The molecule has 1 aliphatic carbocycles. The van der Waals surface area contributed by atoms with Crippen molar-refractivity contribution in [3.8, 4) is 5.75 Å². The van der Waals surface area contributed by atoms with E-state index in [9.17, 15) is 0 Å². The monoisotopic (exact) mass is 722 g/mol. The largest absolute Gasteiger partial charge is 0.496 e. The van der Waals surface area contributed by atoms with Gasteiger partial charge < -0.3 is 4.74 Å². The molecule has 0 aliphatic heterocycles. The molecule has 5 nitrogen and oxygen atoms in total. The van der Waals surface area contributed by atoms with Gasteiger partial charge in [0.15, 0.2) is 0 Å². The zero-order chi connectivity index (χ0) is 38.5. The van der Waals surface area contributed by atoms with Gasteiger partial charge >= 0.3 is 0 Å². The fraction of sp³-hybridized carbons (Fsp3) is 0.240. The van der Waals surface area contributed by atoms with Crippen molar-refractivity contribution in [3.05, 3.63) is 157 Å². The summed E-state index contributed by atoms with van der Waals surface area (Å²) in [5, 5.41) is 5.40. The summed E-state index contributed by atoms with van der Waals surface area (Å²) < 4.78 is 6.26. The van der Waals surface area contributed by atoms with Crippen LogP contribution >= 0.6 is 0 Å². The topological polar surface area (TPSA) is 60.3 Å². The van der Waals surface area contributed by atoms with E-state index in [0.29, 0.717) is 5.92 Å². The van der Waals surface area contributed by atoms with E-state index in [1.54, 1.807) is 7.11 Å². The average molecular weight is 723 g/mol. The molecule has 0 amide bonds. The van der Waals surface area contributed by atoms with E-state index in [1.807, 2.05) is 32.2 Å². The average Bonchev–Trinajstić information content (AvgIpc) is 3.22. The van der Waals surface area contributed by atoms with E-state index < -0.39 is 0 Å². The zero-order valence-electron chi connectivity index (χ0n) is 32.8. The zero-order valence-corrected chi connectivity index (χ0v) is 32.8. The van der Waals surface area contributed by atoms with Crippen molar-refractivity contribution in [3.63, 3.8) is 0 Å². The molecule has 1 unspecified atom stereocenters. The van der Waals surface area contributed by atoms with Gasteiger partial charge in [0.2, 0.25) is 0 Å². The first-order valence-corrected chi connectivity index (χ1v) is 19.4. The number of hydrogen-bond acceptors (Lipinski definition) is 5. The van der Waals surface area contributed by atoms with Gasteiger partial charge in [-0.05, 0) is 81.2 Å². The highest BCUT2D eigenvalue weighted by atomic mass is 16.5. The smallest absolute Gasteiger partial charge is 0.131 e. The molecule has 55 heavy (non-hydrogen) atoms. The quantitative estimate of drug-likeness (QED) is 0.0546. The second-order valence-corrected chi connectivity index (χ2v) is 14.4. The minimum Gasteiger partial charge on any atom is -0.496 e. The van der Waals surface area contributed by atoms with Crippen LogP contribution in [0.4, 0.5) is 0 Å². The SMILES string of the molecule is C=C(/C=C\C)c1ccc2ccc3ccc(C(CCC(=C)[C@@H](C)/C=C(\C=C/C)c4nc5ccccc5c5c(OC)c(C6C=CCCC6)ccc45)=NC)nc3c2n1. The highest BCUT2D eigenvalue weighted by Crippen LogP contribution is 2.43. The van der Waals surface area contributed by atoms with Crippen molar-refractivity contribution in [1.82, 2.24) is 15.0 Å². The highest BCUT2D eigenvalue weighted by Gasteiger charge is 2.22. The number of pyridine rings is 3. The van der Waals surface area contributed by atoms with Crippen molar-refractivity contribution in [2.75, 3.05) is 14.2 Å². The third-order valence-corrected chi connectivity index (χ3v) is 10.9. The summed E-state index contributed by atoms with van der Waals surface area (Å²) in [4.78, 5) is 20.1. The molecule has 0 N–H and O–H groups in total. The lowest BCUT2D eigenvalue weighted by molar-refractivity contribution is 0.411. The maximum atomic E-state index is 6.26. The molecule has 7 rings (SSSR count). The number of hydrogen-bond donors (Lipinski definition) is 0. The molecule has 2 atom stereocenters. The Morgan fingerprint density at radius 2 is 1.56 bits per heavy atom. The Labute approximate surface area is 325 Å². The van der Waals surface area contributed by atoms with Crippen molar-refractivity contribution in [1.29, 1.82) is 0 Å². The summed E-state index contributed by atoms with van der Waals surface area (Å²) in [6, 6.07) is 25.4. The fourth-order valence-electron chi connectivity index (χ4n) is 7.87. The van der Waals surface area contributed by atoms with Crippen LogP contribution in [0, 0.1) is 5.92 Å². The molecule has 0 radical (unpaired) electrons. The Morgan fingerprint density at radius 1 is 0.855 bits per heavy atom. The standard InChI is InChI=1S/C50H50N4O/c1-8-15-33(4)42-29-24-36-22-23-37-25-30-45(54-49(37)48(36)52-42)44(51-6)28-21-32(3)34(5)31-38(16-9-2)47-41-27-26-39(35-17-11-10-12-18-35)50(55-7)46(41)40-19-13-14-20-43(40)53-47/h8-9,11,13-17,19-20,22-27,29-31,34-35H,3-4,10,12,18,21,28H2,1-2,5-7H3/b15-8-,16-9-,38-31+,51-44?/t34-,35?/m0/s1. The number of aromatic nitrogens is 3. The number of aliphatic imine (C=N–C) groups is 1.